The van der Waals surface area contributed by atoms with Gasteiger partial charge in [0.15, 0.2) is 17.3 Å². The summed E-state index contributed by atoms with van der Waals surface area (Å²) >= 11 is 13.7. The number of piperidine rings is 1. The van der Waals surface area contributed by atoms with E-state index in [9.17, 15) is 9.90 Å². The van der Waals surface area contributed by atoms with Gasteiger partial charge in [0.05, 0.1) is 35.1 Å². The van der Waals surface area contributed by atoms with Crippen molar-refractivity contribution < 1.29 is 23.8 Å². The molecule has 4 aromatic rings. The summed E-state index contributed by atoms with van der Waals surface area (Å²) in [7, 11) is 5.38. The summed E-state index contributed by atoms with van der Waals surface area (Å²) in [6.07, 6.45) is 2.76. The van der Waals surface area contributed by atoms with Crippen molar-refractivity contribution in [2.75, 3.05) is 45.7 Å². The number of aromatic nitrogens is 2. The van der Waals surface area contributed by atoms with E-state index in [2.05, 4.69) is 20.1 Å². The monoisotopic (exact) mass is 719 g/mol. The van der Waals surface area contributed by atoms with Gasteiger partial charge in [0.25, 0.3) is 5.91 Å². The Morgan fingerprint density at radius 3 is 2.72 bits per heavy atom. The van der Waals surface area contributed by atoms with Crippen molar-refractivity contribution in [3.05, 3.63) is 92.2 Å². The van der Waals surface area contributed by atoms with Crippen molar-refractivity contribution in [3.8, 4) is 22.6 Å². The third kappa shape index (κ3) is 5.65. The predicted octanol–water partition coefficient (Wildman–Crippen LogP) is 6.66. The van der Waals surface area contributed by atoms with E-state index in [1.807, 2.05) is 49.0 Å². The molecule has 3 aromatic carbocycles. The van der Waals surface area contributed by atoms with Gasteiger partial charge >= 0.3 is 0 Å². The highest BCUT2D eigenvalue weighted by molar-refractivity contribution is 6.36. The first kappa shape index (κ1) is 33.5. The molecular weight excluding hydrogens is 680 g/mol. The minimum Gasteiger partial charge on any atom is -0.493 e. The van der Waals surface area contributed by atoms with Crippen LogP contribution in [-0.4, -0.2) is 70.8 Å². The number of amides is 1. The Kier molecular flexibility index (Phi) is 8.59. The van der Waals surface area contributed by atoms with Crippen LogP contribution in [-0.2, 0) is 33.0 Å². The van der Waals surface area contributed by atoms with Gasteiger partial charge in [0.1, 0.15) is 6.10 Å². The Morgan fingerprint density at radius 1 is 1.14 bits per heavy atom. The molecule has 2 aliphatic carbocycles. The van der Waals surface area contributed by atoms with Crippen LogP contribution in [0.5, 0.6) is 11.5 Å². The lowest BCUT2D eigenvalue weighted by Gasteiger charge is -2.23. The molecule has 1 saturated carbocycles. The number of hydrogen-bond acceptors (Lipinski definition) is 7. The number of likely N-dealkylation sites (N-methyl/N-ethyl adjacent to an activating group) is 1. The summed E-state index contributed by atoms with van der Waals surface area (Å²) in [5, 5.41) is 13.4. The van der Waals surface area contributed by atoms with E-state index in [4.69, 9.17) is 32.7 Å². The number of carbonyl (C=O) groups excluding carboxylic acids is 1. The highest BCUT2D eigenvalue weighted by atomic mass is 35.5. The van der Waals surface area contributed by atoms with E-state index in [1.165, 1.54) is 7.11 Å². The van der Waals surface area contributed by atoms with Crippen LogP contribution in [0.1, 0.15) is 57.6 Å². The van der Waals surface area contributed by atoms with Gasteiger partial charge in [-0.1, -0.05) is 53.5 Å². The van der Waals surface area contributed by atoms with E-state index in [0.29, 0.717) is 53.9 Å². The fraction of sp³-hybridized carbons (Fsp3) is 0.421. The molecule has 1 aromatic heterocycles. The second kappa shape index (κ2) is 12.8. The number of carbonyl (C=O) groups is 1. The lowest BCUT2D eigenvalue weighted by molar-refractivity contribution is 0.101. The number of aliphatic hydroxyl groups is 1. The summed E-state index contributed by atoms with van der Waals surface area (Å²) in [4.78, 5) is 22.5. The number of anilines is 1. The topological polar surface area (TPSA) is 92.1 Å². The number of hydrogen-bond donors (Lipinski definition) is 2. The first-order valence-corrected chi connectivity index (χ1v) is 17.9. The van der Waals surface area contributed by atoms with Crippen molar-refractivity contribution in [2.45, 2.75) is 44.9 Å². The zero-order valence-electron chi connectivity index (χ0n) is 28.4. The van der Waals surface area contributed by atoms with Gasteiger partial charge in [0, 0.05) is 68.4 Å². The molecule has 9 nitrogen and oxygen atoms in total. The maximum atomic E-state index is 16.0. The Bertz CT molecular complexity index is 2020. The summed E-state index contributed by atoms with van der Waals surface area (Å²) < 4.78 is 29.8. The number of nitrogens with zero attached hydrogens (tertiary/aromatic N) is 4. The van der Waals surface area contributed by atoms with E-state index < -0.39 is 11.9 Å². The molecule has 2 aliphatic heterocycles. The van der Waals surface area contributed by atoms with Crippen LogP contribution in [0.4, 0.5) is 10.1 Å². The molecular formula is C38H40Cl2FN5O4. The predicted molar refractivity (Wildman–Crippen MR) is 191 cm³/mol. The molecule has 0 spiro atoms. The lowest BCUT2D eigenvalue weighted by atomic mass is 9.96. The van der Waals surface area contributed by atoms with E-state index in [-0.39, 0.29) is 34.5 Å². The molecule has 0 bridgehead atoms. The number of fused-ring (bicyclic) bond motifs is 3. The number of imidazole rings is 1. The van der Waals surface area contributed by atoms with E-state index in [1.54, 1.807) is 12.1 Å². The highest BCUT2D eigenvalue weighted by Gasteiger charge is 2.59. The first-order valence-electron chi connectivity index (χ1n) is 17.1. The molecule has 0 radical (unpaired) electrons. The molecule has 50 heavy (non-hydrogen) atoms. The molecule has 262 valence electrons. The minimum atomic E-state index is -0.618. The third-order valence-corrected chi connectivity index (χ3v) is 11.8. The van der Waals surface area contributed by atoms with E-state index in [0.717, 1.165) is 66.1 Å². The molecule has 4 aliphatic rings. The molecule has 1 amide bonds. The Morgan fingerprint density at radius 2 is 1.94 bits per heavy atom. The second-order valence-electron chi connectivity index (χ2n) is 14.3. The fourth-order valence-corrected chi connectivity index (χ4v) is 8.93. The molecule has 3 atom stereocenters. The van der Waals surface area contributed by atoms with Crippen LogP contribution in [0, 0.1) is 17.2 Å². The zero-order valence-corrected chi connectivity index (χ0v) is 29.9. The molecule has 2 fully saturated rings. The summed E-state index contributed by atoms with van der Waals surface area (Å²) in [5.41, 5.74) is 6.83. The van der Waals surface area contributed by atoms with Gasteiger partial charge < -0.3 is 29.4 Å². The Labute approximate surface area is 300 Å². The van der Waals surface area contributed by atoms with Gasteiger partial charge in [-0.2, -0.15) is 4.39 Å². The maximum absolute atomic E-state index is 16.0. The van der Waals surface area contributed by atoms with Crippen molar-refractivity contribution in [1.29, 1.82) is 0 Å². The fourth-order valence-electron chi connectivity index (χ4n) is 8.40. The smallest absolute Gasteiger partial charge is 0.291 e. The van der Waals surface area contributed by atoms with Gasteiger partial charge in [0.2, 0.25) is 5.82 Å². The van der Waals surface area contributed by atoms with E-state index >= 15 is 4.39 Å². The number of benzene rings is 3. The maximum Gasteiger partial charge on any atom is 0.291 e. The van der Waals surface area contributed by atoms with Crippen LogP contribution in [0.25, 0.3) is 11.1 Å². The van der Waals surface area contributed by atoms with Crippen LogP contribution in [0.3, 0.4) is 0 Å². The van der Waals surface area contributed by atoms with Gasteiger partial charge in [-0.05, 0) is 61.1 Å². The highest BCUT2D eigenvalue weighted by Crippen LogP contribution is 2.57. The summed E-state index contributed by atoms with van der Waals surface area (Å²) in [6.45, 7) is 3.93. The molecule has 8 rings (SSSR count). The van der Waals surface area contributed by atoms with Gasteiger partial charge in [-0.15, -0.1) is 0 Å². The minimum absolute atomic E-state index is 0.0103. The zero-order chi connectivity index (χ0) is 34.9. The van der Waals surface area contributed by atoms with Crippen LogP contribution < -0.4 is 14.8 Å². The number of rotatable bonds is 9. The molecule has 12 heteroatoms. The number of methoxy groups -OCH3 is 1. The Balaban J connectivity index is 1.03. The number of nitrogens with one attached hydrogen (secondary N) is 1. The number of likely N-dealkylation sites (tertiary alicyclic amines) is 1. The lowest BCUT2D eigenvalue weighted by Crippen LogP contribution is -2.27. The van der Waals surface area contributed by atoms with Crippen LogP contribution >= 0.6 is 23.2 Å². The van der Waals surface area contributed by atoms with Gasteiger partial charge in [-0.25, -0.2) is 4.98 Å². The number of halogens is 3. The molecule has 3 heterocycles. The average molecular weight is 721 g/mol. The summed E-state index contributed by atoms with van der Waals surface area (Å²) in [6, 6.07) is 13.3. The quantitative estimate of drug-likeness (QED) is 0.200. The Hall–Kier alpha value is -3.67. The van der Waals surface area contributed by atoms with Crippen molar-refractivity contribution in [3.63, 3.8) is 0 Å². The first-order chi connectivity index (χ1) is 24.1. The molecule has 2 N–H and O–H groups in total. The van der Waals surface area contributed by atoms with Gasteiger partial charge in [-0.3, -0.25) is 9.69 Å². The van der Waals surface area contributed by atoms with Crippen LogP contribution in [0.2, 0.25) is 10.0 Å². The SMILES string of the molecule is COc1c(CN2CC3CC3(CO)C2)cc(Cl)c(OC2CCc3c(-c4cccc(NC(=O)c5nc6c(n5C)CCN(C)C6)c4Cl)cccc32)c1F. The normalized spacial score (nSPS) is 22.6. The largest absolute Gasteiger partial charge is 0.493 e. The second-order valence-corrected chi connectivity index (χ2v) is 15.1. The molecule has 3 unspecified atom stereocenters. The van der Waals surface area contributed by atoms with Crippen molar-refractivity contribution >= 4 is 34.8 Å². The number of aliphatic hydroxyl groups excluding tert-OH is 1. The number of ether oxygens (including phenoxy) is 2. The van der Waals surface area contributed by atoms with Crippen molar-refractivity contribution in [1.82, 2.24) is 19.4 Å². The standard InChI is InChI=1S/C38H40Cl2FN5O4/c1-44-13-12-30-29(18-44)42-36(45(30)2)37(48)43-28-9-5-8-26(32(28)40)23-6-4-7-25-24(23)10-11-31(25)50-35-27(39)14-21(34(49-3)33(35)41)16-46-17-22-15-38(22,19-46)20-47/h4-9,14,22,31,47H,10-13,15-20H2,1-3H3,(H,43,48). The third-order valence-electron chi connectivity index (χ3n) is 11.2. The van der Waals surface area contributed by atoms with Crippen LogP contribution in [0.15, 0.2) is 42.5 Å². The van der Waals surface area contributed by atoms with Crippen molar-refractivity contribution in [2.24, 2.45) is 18.4 Å². The average Bonchev–Trinajstić information content (AvgIpc) is 3.34. The summed E-state index contributed by atoms with van der Waals surface area (Å²) in [5.74, 6) is 0.000111. The molecule has 1 saturated heterocycles.